The standard InChI is InChI=1S/C13H18N2O2S/c1-2-12-14-8(7-18-12)6-15-9-3-4-11(15)10(5-9)13(16)17/h7,9-11H,2-6H2,1H3,(H,16,17). The number of hydrogen-bond acceptors (Lipinski definition) is 4. The quantitative estimate of drug-likeness (QED) is 0.907. The van der Waals surface area contributed by atoms with E-state index in [1.165, 1.54) is 5.01 Å². The minimum absolute atomic E-state index is 0.159. The first-order valence-corrected chi connectivity index (χ1v) is 7.48. The van der Waals surface area contributed by atoms with Crippen molar-refractivity contribution in [3.63, 3.8) is 0 Å². The topological polar surface area (TPSA) is 53.4 Å². The summed E-state index contributed by atoms with van der Waals surface area (Å²) in [4.78, 5) is 18.2. The number of carboxylic acids is 1. The van der Waals surface area contributed by atoms with E-state index in [-0.39, 0.29) is 12.0 Å². The van der Waals surface area contributed by atoms with Gasteiger partial charge in [-0.3, -0.25) is 9.69 Å². The lowest BCUT2D eigenvalue weighted by Crippen LogP contribution is -2.32. The third-order valence-electron chi connectivity index (χ3n) is 4.24. The number of hydrogen-bond donors (Lipinski definition) is 1. The Hall–Kier alpha value is -0.940. The van der Waals surface area contributed by atoms with E-state index in [0.29, 0.717) is 6.04 Å². The Morgan fingerprint density at radius 2 is 2.44 bits per heavy atom. The van der Waals surface area contributed by atoms with Gasteiger partial charge in [0, 0.05) is 24.0 Å². The number of nitrogens with zero attached hydrogens (tertiary/aromatic N) is 2. The Labute approximate surface area is 111 Å². The van der Waals surface area contributed by atoms with Gasteiger partial charge in [-0.25, -0.2) is 4.98 Å². The van der Waals surface area contributed by atoms with Crippen LogP contribution in [0.4, 0.5) is 0 Å². The van der Waals surface area contributed by atoms with Crippen LogP contribution in [0.15, 0.2) is 5.38 Å². The van der Waals surface area contributed by atoms with Gasteiger partial charge in [0.05, 0.1) is 16.6 Å². The van der Waals surface area contributed by atoms with Crippen LogP contribution in [-0.2, 0) is 17.8 Å². The van der Waals surface area contributed by atoms with Crippen LogP contribution in [0, 0.1) is 5.92 Å². The first-order valence-electron chi connectivity index (χ1n) is 6.61. The average molecular weight is 266 g/mol. The molecule has 3 heterocycles. The summed E-state index contributed by atoms with van der Waals surface area (Å²) in [5.41, 5.74) is 1.11. The van der Waals surface area contributed by atoms with Crippen LogP contribution in [0.3, 0.4) is 0 Å². The van der Waals surface area contributed by atoms with Crippen molar-refractivity contribution in [2.75, 3.05) is 0 Å². The van der Waals surface area contributed by atoms with Gasteiger partial charge in [0.1, 0.15) is 0 Å². The van der Waals surface area contributed by atoms with Crippen LogP contribution in [-0.4, -0.2) is 33.0 Å². The molecule has 2 saturated heterocycles. The summed E-state index contributed by atoms with van der Waals surface area (Å²) in [7, 11) is 0. The first kappa shape index (κ1) is 12.1. The summed E-state index contributed by atoms with van der Waals surface area (Å²) in [5, 5.41) is 12.5. The minimum Gasteiger partial charge on any atom is -0.481 e. The molecular weight excluding hydrogens is 248 g/mol. The molecule has 2 fully saturated rings. The molecule has 0 saturated carbocycles. The lowest BCUT2D eigenvalue weighted by Gasteiger charge is -2.21. The third kappa shape index (κ3) is 1.95. The van der Waals surface area contributed by atoms with Crippen molar-refractivity contribution in [2.45, 2.75) is 51.2 Å². The second-order valence-electron chi connectivity index (χ2n) is 5.24. The van der Waals surface area contributed by atoms with Crippen molar-refractivity contribution < 1.29 is 9.90 Å². The Morgan fingerprint density at radius 1 is 1.61 bits per heavy atom. The fraction of sp³-hybridized carbons (Fsp3) is 0.692. The van der Waals surface area contributed by atoms with E-state index in [9.17, 15) is 9.90 Å². The van der Waals surface area contributed by atoms with Crippen LogP contribution in [0.5, 0.6) is 0 Å². The summed E-state index contributed by atoms with van der Waals surface area (Å²) < 4.78 is 0. The SMILES string of the molecule is CCc1nc(CN2C3CCC2C(C(=O)O)C3)cs1. The highest BCUT2D eigenvalue weighted by atomic mass is 32.1. The molecule has 2 aliphatic heterocycles. The van der Waals surface area contributed by atoms with E-state index in [1.54, 1.807) is 11.3 Å². The van der Waals surface area contributed by atoms with Gasteiger partial charge in [-0.15, -0.1) is 11.3 Å². The van der Waals surface area contributed by atoms with Gasteiger partial charge >= 0.3 is 5.97 Å². The van der Waals surface area contributed by atoms with Crippen molar-refractivity contribution in [1.82, 2.24) is 9.88 Å². The molecule has 1 aromatic heterocycles. The molecule has 5 heteroatoms. The lowest BCUT2D eigenvalue weighted by atomic mass is 9.89. The molecule has 2 aliphatic rings. The Balaban J connectivity index is 1.72. The average Bonchev–Trinajstić information content (AvgIpc) is 3.05. The molecule has 0 aliphatic carbocycles. The number of aryl methyl sites for hydroxylation is 1. The zero-order valence-corrected chi connectivity index (χ0v) is 11.3. The number of aliphatic carboxylic acids is 1. The molecule has 98 valence electrons. The molecule has 18 heavy (non-hydrogen) atoms. The molecule has 0 aromatic carbocycles. The van der Waals surface area contributed by atoms with Gasteiger partial charge in [0.25, 0.3) is 0 Å². The second-order valence-corrected chi connectivity index (χ2v) is 6.18. The van der Waals surface area contributed by atoms with E-state index in [4.69, 9.17) is 0 Å². The molecule has 1 aromatic rings. The van der Waals surface area contributed by atoms with Crippen molar-refractivity contribution in [2.24, 2.45) is 5.92 Å². The molecule has 3 rings (SSSR count). The summed E-state index contributed by atoms with van der Waals surface area (Å²) >= 11 is 1.71. The smallest absolute Gasteiger partial charge is 0.308 e. The molecule has 1 N–H and O–H groups in total. The van der Waals surface area contributed by atoms with Crippen molar-refractivity contribution >= 4 is 17.3 Å². The van der Waals surface area contributed by atoms with E-state index in [0.717, 1.165) is 37.9 Å². The Kier molecular flexibility index (Phi) is 3.11. The summed E-state index contributed by atoms with van der Waals surface area (Å²) in [6.45, 7) is 2.94. The monoisotopic (exact) mass is 266 g/mol. The molecule has 4 nitrogen and oxygen atoms in total. The number of aromatic nitrogens is 1. The van der Waals surface area contributed by atoms with Crippen molar-refractivity contribution in [1.29, 1.82) is 0 Å². The molecule has 3 unspecified atom stereocenters. The fourth-order valence-electron chi connectivity index (χ4n) is 3.38. The summed E-state index contributed by atoms with van der Waals surface area (Å²) in [5.74, 6) is -0.784. The maximum atomic E-state index is 11.2. The van der Waals surface area contributed by atoms with Gasteiger partial charge in [-0.05, 0) is 25.7 Å². The first-order chi connectivity index (χ1) is 8.69. The highest BCUT2D eigenvalue weighted by molar-refractivity contribution is 7.09. The van der Waals surface area contributed by atoms with Crippen LogP contribution >= 0.6 is 11.3 Å². The summed E-state index contributed by atoms with van der Waals surface area (Å²) in [6.07, 6.45) is 3.99. The lowest BCUT2D eigenvalue weighted by molar-refractivity contribution is -0.142. The predicted molar refractivity (Wildman–Crippen MR) is 69.6 cm³/mol. The predicted octanol–water partition coefficient (Wildman–Crippen LogP) is 2.14. The molecule has 2 bridgehead atoms. The normalized spacial score (nSPS) is 31.1. The highest BCUT2D eigenvalue weighted by Gasteiger charge is 2.49. The maximum Gasteiger partial charge on any atom is 0.308 e. The van der Waals surface area contributed by atoms with Crippen molar-refractivity contribution in [3.8, 4) is 0 Å². The number of carboxylic acid groups (broad SMARTS) is 1. The molecule has 3 atom stereocenters. The molecule has 0 spiro atoms. The third-order valence-corrected chi connectivity index (χ3v) is 5.29. The van der Waals surface area contributed by atoms with E-state index in [2.05, 4.69) is 22.2 Å². The molecule has 0 radical (unpaired) electrons. The van der Waals surface area contributed by atoms with Crippen LogP contribution in [0.25, 0.3) is 0 Å². The largest absolute Gasteiger partial charge is 0.481 e. The zero-order valence-electron chi connectivity index (χ0n) is 10.5. The van der Waals surface area contributed by atoms with Gasteiger partial charge in [0.2, 0.25) is 0 Å². The van der Waals surface area contributed by atoms with E-state index < -0.39 is 5.97 Å². The molecule has 0 amide bonds. The Bertz CT molecular complexity index is 460. The van der Waals surface area contributed by atoms with Gasteiger partial charge in [0.15, 0.2) is 0 Å². The minimum atomic E-state index is -0.625. The maximum absolute atomic E-state index is 11.2. The van der Waals surface area contributed by atoms with Crippen LogP contribution in [0.2, 0.25) is 0 Å². The summed E-state index contributed by atoms with van der Waals surface area (Å²) in [6, 6.07) is 0.696. The van der Waals surface area contributed by atoms with Crippen molar-refractivity contribution in [3.05, 3.63) is 16.1 Å². The number of thiazole rings is 1. The number of carbonyl (C=O) groups is 1. The fourth-order valence-corrected chi connectivity index (χ4v) is 4.12. The Morgan fingerprint density at radius 3 is 3.06 bits per heavy atom. The zero-order chi connectivity index (χ0) is 12.7. The number of rotatable bonds is 4. The van der Waals surface area contributed by atoms with Gasteiger partial charge in [-0.1, -0.05) is 6.92 Å². The van der Waals surface area contributed by atoms with E-state index in [1.807, 2.05) is 0 Å². The van der Waals surface area contributed by atoms with Gasteiger partial charge in [-0.2, -0.15) is 0 Å². The second kappa shape index (κ2) is 4.63. The van der Waals surface area contributed by atoms with Gasteiger partial charge < -0.3 is 5.11 Å². The van der Waals surface area contributed by atoms with E-state index >= 15 is 0 Å². The number of fused-ring (bicyclic) bond motifs is 2. The van der Waals surface area contributed by atoms with Crippen LogP contribution in [0.1, 0.15) is 36.9 Å². The molecular formula is C13H18N2O2S. The van der Waals surface area contributed by atoms with Crippen LogP contribution < -0.4 is 0 Å². The highest BCUT2D eigenvalue weighted by Crippen LogP contribution is 2.42.